The van der Waals surface area contributed by atoms with Crippen LogP contribution in [-0.2, 0) is 9.47 Å². The average Bonchev–Trinajstić information content (AvgIpc) is 3.05. The summed E-state index contributed by atoms with van der Waals surface area (Å²) in [5.41, 5.74) is 0. The molecule has 3 nitrogen and oxygen atoms in total. The van der Waals surface area contributed by atoms with Crippen LogP contribution in [0.1, 0.15) is 206 Å². The fourth-order valence-electron chi connectivity index (χ4n) is 6.95. The predicted octanol–water partition coefficient (Wildman–Crippen LogP) is 13.8. The van der Waals surface area contributed by atoms with E-state index in [1.165, 1.54) is 180 Å². The van der Waals surface area contributed by atoms with Crippen molar-refractivity contribution in [3.63, 3.8) is 0 Å². The summed E-state index contributed by atoms with van der Waals surface area (Å²) in [7, 11) is 4.31. The van der Waals surface area contributed by atoms with Crippen LogP contribution in [0, 0.1) is 5.92 Å². The Morgan fingerprint density at radius 2 is 0.761 bits per heavy atom. The Morgan fingerprint density at radius 3 is 1.09 bits per heavy atom. The van der Waals surface area contributed by atoms with Crippen molar-refractivity contribution in [3.05, 3.63) is 24.3 Å². The fraction of sp³-hybridized carbons (Fsp3) is 0.907. The zero-order valence-electron chi connectivity index (χ0n) is 32.0. The molecule has 0 amide bonds. The molecule has 1 saturated heterocycles. The highest BCUT2D eigenvalue weighted by Gasteiger charge is 2.36. The number of nitrogens with zero attached hydrogens (tertiary/aromatic N) is 1. The van der Waals surface area contributed by atoms with Crippen LogP contribution in [0.4, 0.5) is 0 Å². The monoisotopic (exact) mass is 646 g/mol. The molecule has 1 rings (SSSR count). The quantitative estimate of drug-likeness (QED) is 0.0513. The standard InChI is InChI=1S/C43H83NO2/c1-5-7-9-11-13-15-17-19-21-23-25-27-29-31-33-35-37-43(45-40-42(41-46-43)39-44(3)4)38-36-34-32-30-28-26-24-22-20-18-16-14-12-10-8-6-2/h19-22,42H,5-18,23-41H2,1-4H3/b21-19-,22-20-. The lowest BCUT2D eigenvalue weighted by molar-refractivity contribution is -0.290. The van der Waals surface area contributed by atoms with Crippen molar-refractivity contribution >= 4 is 0 Å². The van der Waals surface area contributed by atoms with Gasteiger partial charge in [0.2, 0.25) is 0 Å². The smallest absolute Gasteiger partial charge is 0.168 e. The van der Waals surface area contributed by atoms with Gasteiger partial charge in [0, 0.05) is 25.3 Å². The molecule has 0 N–H and O–H groups in total. The van der Waals surface area contributed by atoms with Crippen LogP contribution in [0.3, 0.4) is 0 Å². The third-order valence-corrected chi connectivity index (χ3v) is 9.93. The molecule has 0 unspecified atom stereocenters. The molecule has 0 saturated carbocycles. The summed E-state index contributed by atoms with van der Waals surface area (Å²) in [6, 6.07) is 0. The molecule has 1 heterocycles. The van der Waals surface area contributed by atoms with Gasteiger partial charge < -0.3 is 14.4 Å². The lowest BCUT2D eigenvalue weighted by Gasteiger charge is -2.41. The summed E-state index contributed by atoms with van der Waals surface area (Å²) in [6.07, 6.45) is 49.8. The molecular formula is C43H83NO2. The molecule has 1 aliphatic heterocycles. The number of rotatable bonds is 34. The molecule has 0 aliphatic carbocycles. The normalized spacial score (nSPS) is 15.7. The molecule has 0 bridgehead atoms. The first-order chi connectivity index (χ1) is 22.6. The molecule has 0 atom stereocenters. The Balaban J connectivity index is 2.12. The Labute approximate surface area is 290 Å². The molecule has 0 radical (unpaired) electrons. The van der Waals surface area contributed by atoms with Crippen LogP contribution in [0.25, 0.3) is 0 Å². The van der Waals surface area contributed by atoms with Gasteiger partial charge in [-0.1, -0.05) is 154 Å². The summed E-state index contributed by atoms with van der Waals surface area (Å²) in [4.78, 5) is 2.27. The maximum atomic E-state index is 6.56. The van der Waals surface area contributed by atoms with Gasteiger partial charge in [-0.2, -0.15) is 0 Å². The molecule has 1 fully saturated rings. The zero-order valence-corrected chi connectivity index (χ0v) is 32.0. The van der Waals surface area contributed by atoms with Crippen molar-refractivity contribution in [2.75, 3.05) is 33.9 Å². The maximum Gasteiger partial charge on any atom is 0.168 e. The topological polar surface area (TPSA) is 21.7 Å². The number of unbranched alkanes of at least 4 members (excludes halogenated alkanes) is 24. The van der Waals surface area contributed by atoms with Crippen molar-refractivity contribution in [2.24, 2.45) is 5.92 Å². The van der Waals surface area contributed by atoms with Gasteiger partial charge in [0.15, 0.2) is 5.79 Å². The molecule has 46 heavy (non-hydrogen) atoms. The molecule has 0 aromatic heterocycles. The summed E-state index contributed by atoms with van der Waals surface area (Å²) >= 11 is 0. The number of allylic oxidation sites excluding steroid dienone is 4. The minimum Gasteiger partial charge on any atom is -0.350 e. The largest absolute Gasteiger partial charge is 0.350 e. The van der Waals surface area contributed by atoms with E-state index in [0.29, 0.717) is 5.92 Å². The van der Waals surface area contributed by atoms with Crippen LogP contribution in [0.15, 0.2) is 24.3 Å². The van der Waals surface area contributed by atoms with Crippen LogP contribution in [0.2, 0.25) is 0 Å². The van der Waals surface area contributed by atoms with Gasteiger partial charge in [-0.3, -0.25) is 0 Å². The summed E-state index contributed by atoms with van der Waals surface area (Å²) in [5, 5.41) is 0. The Hall–Kier alpha value is -0.640. The number of ether oxygens (including phenoxy) is 2. The van der Waals surface area contributed by atoms with Crippen molar-refractivity contribution in [1.29, 1.82) is 0 Å². The van der Waals surface area contributed by atoms with E-state index < -0.39 is 0 Å². The maximum absolute atomic E-state index is 6.56. The SMILES string of the molecule is CCCCCCCC/C=C\CCCCCCCCC1(CCCCCCCC/C=C\CCCCCCCC)OCC(CN(C)C)CO1. The minimum absolute atomic E-state index is 0.315. The molecule has 0 aromatic carbocycles. The predicted molar refractivity (Wildman–Crippen MR) is 205 cm³/mol. The minimum atomic E-state index is -0.315. The third-order valence-electron chi connectivity index (χ3n) is 9.93. The first-order valence-electron chi connectivity index (χ1n) is 20.8. The molecule has 1 aliphatic rings. The van der Waals surface area contributed by atoms with Gasteiger partial charge in [-0.05, 0) is 78.3 Å². The van der Waals surface area contributed by atoms with Crippen molar-refractivity contribution in [2.45, 2.75) is 212 Å². The van der Waals surface area contributed by atoms with E-state index in [1.54, 1.807) is 0 Å². The molecule has 272 valence electrons. The second kappa shape index (κ2) is 32.9. The second-order valence-electron chi connectivity index (χ2n) is 15.0. The number of hydrogen-bond donors (Lipinski definition) is 0. The highest BCUT2D eigenvalue weighted by Crippen LogP contribution is 2.33. The highest BCUT2D eigenvalue weighted by atomic mass is 16.7. The lowest BCUT2D eigenvalue weighted by atomic mass is 9.97. The van der Waals surface area contributed by atoms with E-state index >= 15 is 0 Å². The third kappa shape index (κ3) is 27.3. The van der Waals surface area contributed by atoms with Gasteiger partial charge in [0.25, 0.3) is 0 Å². The van der Waals surface area contributed by atoms with Crippen molar-refractivity contribution in [1.82, 2.24) is 4.90 Å². The van der Waals surface area contributed by atoms with E-state index in [-0.39, 0.29) is 5.79 Å². The van der Waals surface area contributed by atoms with Crippen molar-refractivity contribution < 1.29 is 9.47 Å². The Bertz CT molecular complexity index is 620. The van der Waals surface area contributed by atoms with E-state index in [0.717, 1.165) is 32.6 Å². The summed E-state index contributed by atoms with van der Waals surface area (Å²) in [6.45, 7) is 7.36. The fourth-order valence-corrected chi connectivity index (χ4v) is 6.95. The zero-order chi connectivity index (χ0) is 33.2. The molecule has 0 spiro atoms. The van der Waals surface area contributed by atoms with E-state index in [1.807, 2.05) is 0 Å². The van der Waals surface area contributed by atoms with E-state index in [2.05, 4.69) is 57.1 Å². The van der Waals surface area contributed by atoms with Gasteiger partial charge >= 0.3 is 0 Å². The number of hydrogen-bond acceptors (Lipinski definition) is 3. The van der Waals surface area contributed by atoms with Gasteiger partial charge in [-0.25, -0.2) is 0 Å². The van der Waals surface area contributed by atoms with E-state index in [9.17, 15) is 0 Å². The summed E-state index contributed by atoms with van der Waals surface area (Å²) < 4.78 is 13.1. The first kappa shape index (κ1) is 43.4. The Morgan fingerprint density at radius 1 is 0.457 bits per heavy atom. The molecule has 0 aromatic rings. The van der Waals surface area contributed by atoms with Crippen LogP contribution in [0.5, 0.6) is 0 Å². The van der Waals surface area contributed by atoms with Crippen LogP contribution >= 0.6 is 0 Å². The van der Waals surface area contributed by atoms with Crippen LogP contribution < -0.4 is 0 Å². The van der Waals surface area contributed by atoms with Crippen LogP contribution in [-0.4, -0.2) is 44.5 Å². The Kier molecular flexibility index (Phi) is 31.0. The lowest BCUT2D eigenvalue weighted by Crippen LogP contribution is -2.46. The molecule has 3 heteroatoms. The average molecular weight is 646 g/mol. The van der Waals surface area contributed by atoms with Crippen molar-refractivity contribution in [3.8, 4) is 0 Å². The summed E-state index contributed by atoms with van der Waals surface area (Å²) in [5.74, 6) is 0.188. The van der Waals surface area contributed by atoms with Gasteiger partial charge in [0.1, 0.15) is 0 Å². The first-order valence-corrected chi connectivity index (χ1v) is 20.8. The van der Waals surface area contributed by atoms with Gasteiger partial charge in [0.05, 0.1) is 13.2 Å². The molecular weight excluding hydrogens is 562 g/mol. The second-order valence-corrected chi connectivity index (χ2v) is 15.0. The van der Waals surface area contributed by atoms with E-state index in [4.69, 9.17) is 9.47 Å². The van der Waals surface area contributed by atoms with Gasteiger partial charge in [-0.15, -0.1) is 0 Å². The highest BCUT2D eigenvalue weighted by molar-refractivity contribution is 4.82.